The van der Waals surface area contributed by atoms with Gasteiger partial charge in [0.1, 0.15) is 5.76 Å². The van der Waals surface area contributed by atoms with Gasteiger partial charge in [0.15, 0.2) is 5.69 Å². The number of carbonyl (C=O) groups is 1. The van der Waals surface area contributed by atoms with E-state index < -0.39 is 0 Å². The van der Waals surface area contributed by atoms with Gasteiger partial charge in [0.05, 0.1) is 6.10 Å². The van der Waals surface area contributed by atoms with E-state index in [1.807, 2.05) is 13.8 Å². The van der Waals surface area contributed by atoms with Crippen LogP contribution in [0.5, 0.6) is 0 Å². The Morgan fingerprint density at radius 3 is 2.83 bits per heavy atom. The summed E-state index contributed by atoms with van der Waals surface area (Å²) in [5, 5.41) is 17.4. The van der Waals surface area contributed by atoms with Crippen LogP contribution in [0, 0.1) is 11.3 Å². The van der Waals surface area contributed by atoms with Gasteiger partial charge in [0.25, 0.3) is 5.91 Å². The highest BCUT2D eigenvalue weighted by Gasteiger charge is 2.48. The van der Waals surface area contributed by atoms with Gasteiger partial charge >= 0.3 is 0 Å². The maximum Gasteiger partial charge on any atom is 0.273 e. The summed E-state index contributed by atoms with van der Waals surface area (Å²) in [5.74, 6) is 0.778. The molecule has 1 amide bonds. The number of nitrogens with one attached hydrogen (secondary N) is 1. The normalized spacial score (nSPS) is 26.8. The lowest BCUT2D eigenvalue weighted by Gasteiger charge is -2.37. The zero-order valence-corrected chi connectivity index (χ0v) is 13.9. The Kier molecular flexibility index (Phi) is 4.73. The average molecular weight is 322 g/mol. The van der Waals surface area contributed by atoms with Crippen molar-refractivity contribution in [1.29, 1.82) is 0 Å². The SMILES string of the molecule is CC(C)c1cc(C(=O)NC[C@H]2CCC3(CCOCC3)[C@@H]2O)no1. The number of hydrogen-bond donors (Lipinski definition) is 2. The maximum atomic E-state index is 12.2. The molecule has 1 saturated heterocycles. The predicted molar refractivity (Wildman–Crippen MR) is 84.1 cm³/mol. The van der Waals surface area contributed by atoms with Gasteiger partial charge in [-0.3, -0.25) is 4.79 Å². The van der Waals surface area contributed by atoms with Crippen LogP contribution in [0.25, 0.3) is 0 Å². The molecular weight excluding hydrogens is 296 g/mol. The Bertz CT molecular complexity index is 549. The number of aliphatic hydroxyl groups excluding tert-OH is 1. The topological polar surface area (TPSA) is 84.6 Å². The van der Waals surface area contributed by atoms with Crippen molar-refractivity contribution in [1.82, 2.24) is 10.5 Å². The van der Waals surface area contributed by atoms with Crippen LogP contribution in [-0.4, -0.2) is 42.0 Å². The first-order valence-electron chi connectivity index (χ1n) is 8.52. The second-order valence-corrected chi connectivity index (χ2v) is 7.20. The van der Waals surface area contributed by atoms with Gasteiger partial charge in [-0.25, -0.2) is 0 Å². The van der Waals surface area contributed by atoms with E-state index in [4.69, 9.17) is 9.26 Å². The fourth-order valence-corrected chi connectivity index (χ4v) is 3.80. The molecule has 1 saturated carbocycles. The number of carbonyl (C=O) groups excluding carboxylic acids is 1. The highest BCUT2D eigenvalue weighted by Crippen LogP contribution is 2.48. The second kappa shape index (κ2) is 6.61. The van der Waals surface area contributed by atoms with E-state index >= 15 is 0 Å². The zero-order chi connectivity index (χ0) is 16.4. The van der Waals surface area contributed by atoms with Gasteiger partial charge < -0.3 is 19.7 Å². The van der Waals surface area contributed by atoms with Crippen LogP contribution < -0.4 is 5.32 Å². The molecule has 6 nitrogen and oxygen atoms in total. The smallest absolute Gasteiger partial charge is 0.273 e. The first-order valence-corrected chi connectivity index (χ1v) is 8.52. The summed E-state index contributed by atoms with van der Waals surface area (Å²) < 4.78 is 10.6. The molecule has 1 aliphatic heterocycles. The van der Waals surface area contributed by atoms with E-state index in [1.54, 1.807) is 6.07 Å². The fraction of sp³-hybridized carbons (Fsp3) is 0.765. The van der Waals surface area contributed by atoms with Crippen LogP contribution in [0.2, 0.25) is 0 Å². The summed E-state index contributed by atoms with van der Waals surface area (Å²) in [5.41, 5.74) is 0.300. The van der Waals surface area contributed by atoms with Crippen molar-refractivity contribution in [2.45, 2.75) is 51.6 Å². The van der Waals surface area contributed by atoms with E-state index in [-0.39, 0.29) is 29.3 Å². The van der Waals surface area contributed by atoms with Crippen LogP contribution in [-0.2, 0) is 4.74 Å². The molecule has 1 aliphatic carbocycles. The quantitative estimate of drug-likeness (QED) is 0.887. The lowest BCUT2D eigenvalue weighted by molar-refractivity contribution is -0.0555. The van der Waals surface area contributed by atoms with E-state index in [9.17, 15) is 9.90 Å². The van der Waals surface area contributed by atoms with Gasteiger partial charge in [-0.1, -0.05) is 19.0 Å². The zero-order valence-electron chi connectivity index (χ0n) is 13.9. The molecule has 0 bridgehead atoms. The van der Waals surface area contributed by atoms with Gasteiger partial charge in [-0.2, -0.15) is 0 Å². The molecule has 23 heavy (non-hydrogen) atoms. The molecule has 1 spiro atoms. The number of hydrogen-bond acceptors (Lipinski definition) is 5. The summed E-state index contributed by atoms with van der Waals surface area (Å²) in [6.45, 7) is 5.92. The lowest BCUT2D eigenvalue weighted by atomic mass is 9.76. The van der Waals surface area contributed by atoms with E-state index in [2.05, 4.69) is 10.5 Å². The minimum Gasteiger partial charge on any atom is -0.392 e. The summed E-state index contributed by atoms with van der Waals surface area (Å²) in [6, 6.07) is 1.69. The fourth-order valence-electron chi connectivity index (χ4n) is 3.80. The van der Waals surface area contributed by atoms with Crippen molar-refractivity contribution in [2.75, 3.05) is 19.8 Å². The average Bonchev–Trinajstić information content (AvgIpc) is 3.14. The lowest BCUT2D eigenvalue weighted by Crippen LogP contribution is -2.41. The summed E-state index contributed by atoms with van der Waals surface area (Å²) in [6.07, 6.45) is 3.42. The molecule has 2 aliphatic rings. The molecule has 2 heterocycles. The molecule has 3 rings (SSSR count). The molecule has 1 aromatic heterocycles. The Morgan fingerprint density at radius 1 is 1.43 bits per heavy atom. The molecule has 0 aromatic carbocycles. The van der Waals surface area contributed by atoms with Crippen molar-refractivity contribution in [3.8, 4) is 0 Å². The molecule has 0 radical (unpaired) electrons. The minimum absolute atomic E-state index is 0.00759. The van der Waals surface area contributed by atoms with Crippen LogP contribution >= 0.6 is 0 Å². The van der Waals surface area contributed by atoms with Crippen LogP contribution in [0.3, 0.4) is 0 Å². The predicted octanol–water partition coefficient (Wildman–Crippen LogP) is 2.10. The van der Waals surface area contributed by atoms with Crippen LogP contribution in [0.4, 0.5) is 0 Å². The van der Waals surface area contributed by atoms with Gasteiger partial charge in [-0.05, 0) is 25.7 Å². The van der Waals surface area contributed by atoms with Crippen molar-refractivity contribution >= 4 is 5.91 Å². The molecule has 128 valence electrons. The number of rotatable bonds is 4. The largest absolute Gasteiger partial charge is 0.392 e. The molecule has 0 unspecified atom stereocenters. The van der Waals surface area contributed by atoms with Gasteiger partial charge in [0.2, 0.25) is 0 Å². The molecule has 2 N–H and O–H groups in total. The number of ether oxygens (including phenoxy) is 1. The molecule has 2 fully saturated rings. The summed E-state index contributed by atoms with van der Waals surface area (Å²) >= 11 is 0. The third-order valence-electron chi connectivity index (χ3n) is 5.43. The van der Waals surface area contributed by atoms with Gasteiger partial charge in [0, 0.05) is 43.1 Å². The van der Waals surface area contributed by atoms with E-state index in [0.29, 0.717) is 18.0 Å². The highest BCUT2D eigenvalue weighted by atomic mass is 16.5. The van der Waals surface area contributed by atoms with Gasteiger partial charge in [-0.15, -0.1) is 0 Å². The molecular formula is C17H26N2O4. The standard InChI is InChI=1S/C17H26N2O4/c1-11(2)14-9-13(19-23-14)16(21)18-10-12-3-4-17(15(12)20)5-7-22-8-6-17/h9,11-12,15,20H,3-8,10H2,1-2H3,(H,18,21)/t12-,15-/m1/s1. The summed E-state index contributed by atoms with van der Waals surface area (Å²) in [4.78, 5) is 12.2. The summed E-state index contributed by atoms with van der Waals surface area (Å²) in [7, 11) is 0. The number of aromatic nitrogens is 1. The molecule has 2 atom stereocenters. The Balaban J connectivity index is 1.55. The second-order valence-electron chi connectivity index (χ2n) is 7.20. The van der Waals surface area contributed by atoms with Crippen LogP contribution in [0.15, 0.2) is 10.6 Å². The monoisotopic (exact) mass is 322 g/mol. The first kappa shape index (κ1) is 16.5. The van der Waals surface area contributed by atoms with Crippen LogP contribution in [0.1, 0.15) is 61.7 Å². The number of aliphatic hydroxyl groups is 1. The van der Waals surface area contributed by atoms with Crippen molar-refractivity contribution in [3.05, 3.63) is 17.5 Å². The molecule has 1 aromatic rings. The Morgan fingerprint density at radius 2 is 2.17 bits per heavy atom. The minimum atomic E-state index is -0.366. The van der Waals surface area contributed by atoms with Crippen molar-refractivity contribution in [2.24, 2.45) is 11.3 Å². The van der Waals surface area contributed by atoms with E-state index in [0.717, 1.165) is 38.9 Å². The number of amides is 1. The van der Waals surface area contributed by atoms with Crippen molar-refractivity contribution in [3.63, 3.8) is 0 Å². The maximum absolute atomic E-state index is 12.2. The van der Waals surface area contributed by atoms with Crippen molar-refractivity contribution < 1.29 is 19.2 Å². The highest BCUT2D eigenvalue weighted by molar-refractivity contribution is 5.92. The molecule has 6 heteroatoms. The number of nitrogens with zero attached hydrogens (tertiary/aromatic N) is 1. The third kappa shape index (κ3) is 3.28. The third-order valence-corrected chi connectivity index (χ3v) is 5.43. The van der Waals surface area contributed by atoms with E-state index in [1.165, 1.54) is 0 Å². The Labute approximate surface area is 136 Å². The first-order chi connectivity index (χ1) is 11.0. The Hall–Kier alpha value is -1.40.